The number of nitrogens with one attached hydrogen (secondary N) is 3. The molecular formula is C13H16ClN3O3. The van der Waals surface area contributed by atoms with Gasteiger partial charge in [-0.05, 0) is 37.6 Å². The van der Waals surface area contributed by atoms with Gasteiger partial charge in [-0.2, -0.15) is 0 Å². The minimum Gasteiger partial charge on any atom is -0.408 e. The SMILES string of the molecule is Cl.O=C(Nc1ccc2oc(=O)[nH]c2c1)C1CCCCN1. The lowest BCUT2D eigenvalue weighted by Gasteiger charge is -2.22. The van der Waals surface area contributed by atoms with Crippen molar-refractivity contribution in [3.05, 3.63) is 28.7 Å². The van der Waals surface area contributed by atoms with Crippen LogP contribution in [0, 0.1) is 0 Å². The molecule has 108 valence electrons. The summed E-state index contributed by atoms with van der Waals surface area (Å²) in [5.74, 6) is -0.530. The summed E-state index contributed by atoms with van der Waals surface area (Å²) in [6.07, 6.45) is 3.04. The highest BCUT2D eigenvalue weighted by Crippen LogP contribution is 2.17. The highest BCUT2D eigenvalue weighted by molar-refractivity contribution is 5.96. The van der Waals surface area contributed by atoms with Gasteiger partial charge in [0.2, 0.25) is 5.91 Å². The second-order valence-corrected chi connectivity index (χ2v) is 4.72. The molecule has 7 heteroatoms. The van der Waals surface area contributed by atoms with E-state index in [4.69, 9.17) is 4.42 Å². The maximum atomic E-state index is 12.0. The largest absolute Gasteiger partial charge is 0.417 e. The van der Waals surface area contributed by atoms with Crippen LogP contribution in [-0.2, 0) is 4.79 Å². The smallest absolute Gasteiger partial charge is 0.408 e. The number of benzene rings is 1. The number of hydrogen-bond acceptors (Lipinski definition) is 4. The highest BCUT2D eigenvalue weighted by atomic mass is 35.5. The fraction of sp³-hybridized carbons (Fsp3) is 0.385. The van der Waals surface area contributed by atoms with Gasteiger partial charge in [-0.3, -0.25) is 9.78 Å². The van der Waals surface area contributed by atoms with Crippen molar-refractivity contribution in [1.82, 2.24) is 10.3 Å². The number of amides is 1. The molecule has 1 aromatic heterocycles. The van der Waals surface area contributed by atoms with Gasteiger partial charge in [-0.1, -0.05) is 6.42 Å². The molecule has 3 N–H and O–H groups in total. The molecule has 1 saturated heterocycles. The molecule has 20 heavy (non-hydrogen) atoms. The summed E-state index contributed by atoms with van der Waals surface area (Å²) < 4.78 is 4.91. The average molecular weight is 298 g/mol. The Hall–Kier alpha value is -1.79. The molecule has 1 aliphatic heterocycles. The lowest BCUT2D eigenvalue weighted by Crippen LogP contribution is -2.43. The first-order chi connectivity index (χ1) is 9.22. The number of piperidine rings is 1. The van der Waals surface area contributed by atoms with E-state index in [-0.39, 0.29) is 24.4 Å². The van der Waals surface area contributed by atoms with Gasteiger partial charge in [0.05, 0.1) is 11.6 Å². The summed E-state index contributed by atoms with van der Waals surface area (Å²) in [7, 11) is 0. The minimum absolute atomic E-state index is 0. The van der Waals surface area contributed by atoms with Crippen molar-refractivity contribution in [1.29, 1.82) is 0 Å². The van der Waals surface area contributed by atoms with Crippen LogP contribution in [0.3, 0.4) is 0 Å². The Morgan fingerprint density at radius 2 is 2.20 bits per heavy atom. The van der Waals surface area contributed by atoms with Crippen molar-refractivity contribution in [2.24, 2.45) is 0 Å². The van der Waals surface area contributed by atoms with Crippen molar-refractivity contribution < 1.29 is 9.21 Å². The summed E-state index contributed by atoms with van der Waals surface area (Å²) in [6, 6.07) is 4.95. The maximum Gasteiger partial charge on any atom is 0.417 e. The van der Waals surface area contributed by atoms with E-state index in [1.165, 1.54) is 0 Å². The number of hydrogen-bond donors (Lipinski definition) is 3. The van der Waals surface area contributed by atoms with Crippen LogP contribution in [0.1, 0.15) is 19.3 Å². The zero-order valence-corrected chi connectivity index (χ0v) is 11.6. The third kappa shape index (κ3) is 3.02. The minimum atomic E-state index is -0.493. The molecule has 1 aromatic carbocycles. The van der Waals surface area contributed by atoms with E-state index in [1.54, 1.807) is 18.2 Å². The molecule has 0 bridgehead atoms. The summed E-state index contributed by atoms with van der Waals surface area (Å²) in [6.45, 7) is 0.881. The summed E-state index contributed by atoms with van der Waals surface area (Å²) >= 11 is 0. The average Bonchev–Trinajstić information content (AvgIpc) is 2.79. The molecule has 1 atom stereocenters. The number of fused-ring (bicyclic) bond motifs is 1. The van der Waals surface area contributed by atoms with Gasteiger partial charge in [-0.15, -0.1) is 12.4 Å². The third-order valence-electron chi connectivity index (χ3n) is 3.31. The quantitative estimate of drug-likeness (QED) is 0.786. The Labute approximate surface area is 121 Å². The van der Waals surface area contributed by atoms with E-state index < -0.39 is 5.76 Å². The molecule has 1 unspecified atom stereocenters. The zero-order valence-electron chi connectivity index (χ0n) is 10.8. The van der Waals surface area contributed by atoms with Crippen molar-refractivity contribution in [3.63, 3.8) is 0 Å². The molecular weight excluding hydrogens is 282 g/mol. The number of anilines is 1. The van der Waals surface area contributed by atoms with E-state index in [9.17, 15) is 9.59 Å². The normalized spacial score (nSPS) is 18.5. The Morgan fingerprint density at radius 1 is 1.35 bits per heavy atom. The zero-order chi connectivity index (χ0) is 13.2. The fourth-order valence-corrected chi connectivity index (χ4v) is 2.33. The summed E-state index contributed by atoms with van der Waals surface area (Å²) in [5, 5.41) is 6.04. The molecule has 0 aliphatic carbocycles. The lowest BCUT2D eigenvalue weighted by atomic mass is 10.0. The van der Waals surface area contributed by atoms with Crippen LogP contribution < -0.4 is 16.4 Å². The number of H-pyrrole nitrogens is 1. The number of carbonyl (C=O) groups is 1. The van der Waals surface area contributed by atoms with Gasteiger partial charge in [0, 0.05) is 5.69 Å². The van der Waals surface area contributed by atoms with Gasteiger partial charge in [-0.25, -0.2) is 4.79 Å². The number of aromatic amines is 1. The van der Waals surface area contributed by atoms with Crippen molar-refractivity contribution in [2.45, 2.75) is 25.3 Å². The van der Waals surface area contributed by atoms with Gasteiger partial charge in [0.25, 0.3) is 0 Å². The molecule has 3 rings (SSSR count). The monoisotopic (exact) mass is 297 g/mol. The second-order valence-electron chi connectivity index (χ2n) is 4.72. The maximum absolute atomic E-state index is 12.0. The first-order valence-electron chi connectivity index (χ1n) is 6.39. The first kappa shape index (κ1) is 14.6. The fourth-order valence-electron chi connectivity index (χ4n) is 2.33. The molecule has 1 aliphatic rings. The standard InChI is InChI=1S/C13H15N3O3.ClH/c17-12(9-3-1-2-6-14-9)15-8-4-5-11-10(7-8)16-13(18)19-11;/h4-5,7,9,14H,1-3,6H2,(H,15,17)(H,16,18);1H. The third-order valence-corrected chi connectivity index (χ3v) is 3.31. The summed E-state index contributed by atoms with van der Waals surface area (Å²) in [4.78, 5) is 25.7. The predicted molar refractivity (Wildman–Crippen MR) is 78.4 cm³/mol. The van der Waals surface area contributed by atoms with E-state index >= 15 is 0 Å². The number of carbonyl (C=O) groups excluding carboxylic acids is 1. The van der Waals surface area contributed by atoms with Gasteiger partial charge in [0.15, 0.2) is 5.58 Å². The lowest BCUT2D eigenvalue weighted by molar-refractivity contribution is -0.118. The Bertz CT molecular complexity index is 658. The van der Waals surface area contributed by atoms with Crippen LogP contribution >= 0.6 is 12.4 Å². The van der Waals surface area contributed by atoms with E-state index in [0.29, 0.717) is 16.8 Å². The number of oxazole rings is 1. The molecule has 0 spiro atoms. The molecule has 2 aromatic rings. The van der Waals surface area contributed by atoms with E-state index in [1.807, 2.05) is 0 Å². The van der Waals surface area contributed by atoms with Gasteiger partial charge < -0.3 is 15.1 Å². The van der Waals surface area contributed by atoms with Crippen molar-refractivity contribution >= 4 is 35.1 Å². The van der Waals surface area contributed by atoms with Crippen molar-refractivity contribution in [2.75, 3.05) is 11.9 Å². The number of aromatic nitrogens is 1. The van der Waals surface area contributed by atoms with E-state index in [2.05, 4.69) is 15.6 Å². The van der Waals surface area contributed by atoms with Crippen LogP contribution in [0.15, 0.2) is 27.4 Å². The van der Waals surface area contributed by atoms with Crippen LogP contribution in [0.25, 0.3) is 11.1 Å². The first-order valence-corrected chi connectivity index (χ1v) is 6.39. The second kappa shape index (κ2) is 6.11. The number of rotatable bonds is 2. The Morgan fingerprint density at radius 3 is 2.95 bits per heavy atom. The molecule has 1 fully saturated rings. The van der Waals surface area contributed by atoms with Crippen LogP contribution in [0.4, 0.5) is 5.69 Å². The van der Waals surface area contributed by atoms with Gasteiger partial charge in [0.1, 0.15) is 0 Å². The van der Waals surface area contributed by atoms with Crippen LogP contribution in [0.5, 0.6) is 0 Å². The Balaban J connectivity index is 0.00000147. The van der Waals surface area contributed by atoms with Gasteiger partial charge >= 0.3 is 5.76 Å². The van der Waals surface area contributed by atoms with Crippen LogP contribution in [0.2, 0.25) is 0 Å². The van der Waals surface area contributed by atoms with E-state index in [0.717, 1.165) is 25.8 Å². The van der Waals surface area contributed by atoms with Crippen LogP contribution in [-0.4, -0.2) is 23.5 Å². The van der Waals surface area contributed by atoms with Crippen molar-refractivity contribution in [3.8, 4) is 0 Å². The highest BCUT2D eigenvalue weighted by Gasteiger charge is 2.20. The molecule has 6 nitrogen and oxygen atoms in total. The summed E-state index contributed by atoms with van der Waals surface area (Å²) in [5.41, 5.74) is 1.72. The Kier molecular flexibility index (Phi) is 4.46. The number of halogens is 1. The molecule has 2 heterocycles. The predicted octanol–water partition coefficient (Wildman–Crippen LogP) is 1.62. The molecule has 0 saturated carbocycles. The molecule has 1 amide bonds. The topological polar surface area (TPSA) is 87.1 Å². The molecule has 0 radical (unpaired) electrons.